The zero-order chi connectivity index (χ0) is 21.3. The molecule has 1 aromatic heterocycles. The molecule has 5 nitrogen and oxygen atoms in total. The molecule has 1 aliphatic rings. The molecule has 1 saturated heterocycles. The summed E-state index contributed by atoms with van der Waals surface area (Å²) >= 11 is 0. The van der Waals surface area contributed by atoms with Crippen LogP contribution in [0.5, 0.6) is 11.5 Å². The maximum atomic E-state index is 13.6. The van der Waals surface area contributed by atoms with Crippen LogP contribution < -0.4 is 9.47 Å². The Balaban J connectivity index is 1.81. The highest BCUT2D eigenvalue weighted by atomic mass is 16.5. The number of fused-ring (bicyclic) bond motifs is 1. The lowest BCUT2D eigenvalue weighted by Crippen LogP contribution is -2.42. The van der Waals surface area contributed by atoms with Crippen molar-refractivity contribution in [1.82, 2.24) is 9.88 Å². The van der Waals surface area contributed by atoms with E-state index in [1.165, 1.54) is 0 Å². The van der Waals surface area contributed by atoms with Gasteiger partial charge in [-0.25, -0.2) is 4.98 Å². The van der Waals surface area contributed by atoms with Gasteiger partial charge in [0.1, 0.15) is 0 Å². The SMILES string of the molecule is COc1ccc(-c2cc(C(=O)N3C[C@@H](C)C[C@H](C)C3)c3ccccc3n2)cc1OC. The van der Waals surface area contributed by atoms with Crippen LogP contribution in [0.2, 0.25) is 0 Å². The molecule has 2 atom stereocenters. The molecule has 1 aliphatic heterocycles. The maximum Gasteiger partial charge on any atom is 0.254 e. The molecule has 156 valence electrons. The number of aromatic nitrogens is 1. The Kier molecular flexibility index (Phi) is 5.62. The lowest BCUT2D eigenvalue weighted by Gasteiger charge is -2.35. The highest BCUT2D eigenvalue weighted by molar-refractivity contribution is 6.07. The first-order valence-electron chi connectivity index (χ1n) is 10.4. The highest BCUT2D eigenvalue weighted by Crippen LogP contribution is 2.34. The largest absolute Gasteiger partial charge is 0.493 e. The molecule has 1 fully saturated rings. The number of carbonyl (C=O) groups excluding carboxylic acids is 1. The van der Waals surface area contributed by atoms with Crippen molar-refractivity contribution in [2.45, 2.75) is 20.3 Å². The van der Waals surface area contributed by atoms with Gasteiger partial charge in [0.05, 0.1) is 31.0 Å². The van der Waals surface area contributed by atoms with Gasteiger partial charge in [0, 0.05) is 24.0 Å². The number of piperidine rings is 1. The molecular weight excluding hydrogens is 376 g/mol. The predicted molar refractivity (Wildman–Crippen MR) is 119 cm³/mol. The van der Waals surface area contributed by atoms with E-state index in [4.69, 9.17) is 14.5 Å². The molecular formula is C25H28N2O3. The van der Waals surface area contributed by atoms with E-state index in [-0.39, 0.29) is 5.91 Å². The predicted octanol–water partition coefficient (Wildman–Crippen LogP) is 5.04. The van der Waals surface area contributed by atoms with E-state index in [0.717, 1.165) is 41.7 Å². The molecule has 1 amide bonds. The minimum absolute atomic E-state index is 0.0775. The van der Waals surface area contributed by atoms with E-state index in [1.54, 1.807) is 14.2 Å². The Morgan fingerprint density at radius 2 is 1.67 bits per heavy atom. The number of para-hydroxylation sites is 1. The summed E-state index contributed by atoms with van der Waals surface area (Å²) in [5.74, 6) is 2.40. The molecule has 0 bridgehead atoms. The number of methoxy groups -OCH3 is 2. The average molecular weight is 405 g/mol. The maximum absolute atomic E-state index is 13.6. The van der Waals surface area contributed by atoms with E-state index in [2.05, 4.69) is 13.8 Å². The van der Waals surface area contributed by atoms with E-state index in [0.29, 0.717) is 28.9 Å². The second-order valence-corrected chi connectivity index (χ2v) is 8.30. The molecule has 0 saturated carbocycles. The third-order valence-electron chi connectivity index (χ3n) is 5.78. The van der Waals surface area contributed by atoms with Gasteiger partial charge < -0.3 is 14.4 Å². The number of carbonyl (C=O) groups is 1. The Morgan fingerprint density at radius 3 is 2.37 bits per heavy atom. The average Bonchev–Trinajstić information content (AvgIpc) is 2.76. The van der Waals surface area contributed by atoms with Gasteiger partial charge in [0.25, 0.3) is 5.91 Å². The van der Waals surface area contributed by atoms with E-state index in [9.17, 15) is 4.79 Å². The zero-order valence-corrected chi connectivity index (χ0v) is 18.0. The van der Waals surface area contributed by atoms with Crippen LogP contribution in [0.15, 0.2) is 48.5 Å². The number of nitrogens with zero attached hydrogens (tertiary/aromatic N) is 2. The van der Waals surface area contributed by atoms with Gasteiger partial charge in [-0.3, -0.25) is 4.79 Å². The minimum Gasteiger partial charge on any atom is -0.493 e. The van der Waals surface area contributed by atoms with Gasteiger partial charge in [-0.05, 0) is 48.6 Å². The molecule has 2 aromatic carbocycles. The van der Waals surface area contributed by atoms with Crippen molar-refractivity contribution in [2.75, 3.05) is 27.3 Å². The third kappa shape index (κ3) is 3.84. The molecule has 0 radical (unpaired) electrons. The number of pyridine rings is 1. The highest BCUT2D eigenvalue weighted by Gasteiger charge is 2.27. The van der Waals surface area contributed by atoms with Crippen molar-refractivity contribution < 1.29 is 14.3 Å². The van der Waals surface area contributed by atoms with E-state index < -0.39 is 0 Å². The molecule has 4 rings (SSSR count). The first-order valence-corrected chi connectivity index (χ1v) is 10.4. The van der Waals surface area contributed by atoms with Gasteiger partial charge in [0.15, 0.2) is 11.5 Å². The number of amides is 1. The van der Waals surface area contributed by atoms with Crippen molar-refractivity contribution in [3.63, 3.8) is 0 Å². The smallest absolute Gasteiger partial charge is 0.254 e. The van der Waals surface area contributed by atoms with E-state index >= 15 is 0 Å². The van der Waals surface area contributed by atoms with Crippen LogP contribution in [0.3, 0.4) is 0 Å². The van der Waals surface area contributed by atoms with Crippen LogP contribution in [-0.2, 0) is 0 Å². The number of ether oxygens (including phenoxy) is 2. The van der Waals surface area contributed by atoms with Crippen LogP contribution in [0.25, 0.3) is 22.2 Å². The summed E-state index contributed by atoms with van der Waals surface area (Å²) in [6.07, 6.45) is 1.16. The van der Waals surface area contributed by atoms with Gasteiger partial charge in [-0.2, -0.15) is 0 Å². The molecule has 30 heavy (non-hydrogen) atoms. The van der Waals surface area contributed by atoms with Crippen LogP contribution in [0, 0.1) is 11.8 Å². The second kappa shape index (κ2) is 8.34. The van der Waals surface area contributed by atoms with Crippen LogP contribution in [0.4, 0.5) is 0 Å². The lowest BCUT2D eigenvalue weighted by molar-refractivity contribution is 0.0625. The second-order valence-electron chi connectivity index (χ2n) is 8.30. The van der Waals surface area contributed by atoms with Crippen molar-refractivity contribution >= 4 is 16.8 Å². The first kappa shape index (κ1) is 20.2. The fourth-order valence-electron chi connectivity index (χ4n) is 4.49. The van der Waals surface area contributed by atoms with Gasteiger partial charge in [0.2, 0.25) is 0 Å². The van der Waals surface area contributed by atoms with E-state index in [1.807, 2.05) is 53.4 Å². The van der Waals surface area contributed by atoms with Crippen molar-refractivity contribution in [2.24, 2.45) is 11.8 Å². The summed E-state index contributed by atoms with van der Waals surface area (Å²) in [7, 11) is 3.23. The lowest BCUT2D eigenvalue weighted by atomic mass is 9.91. The number of benzene rings is 2. The molecule has 0 N–H and O–H groups in total. The summed E-state index contributed by atoms with van der Waals surface area (Å²) in [5, 5.41) is 0.887. The molecule has 3 aromatic rings. The monoisotopic (exact) mass is 404 g/mol. The van der Waals surface area contributed by atoms with Gasteiger partial charge >= 0.3 is 0 Å². The van der Waals surface area contributed by atoms with Gasteiger partial charge in [-0.15, -0.1) is 0 Å². The Morgan fingerprint density at radius 1 is 0.967 bits per heavy atom. The normalized spacial score (nSPS) is 19.0. The summed E-state index contributed by atoms with van der Waals surface area (Å²) in [5.41, 5.74) is 3.14. The summed E-state index contributed by atoms with van der Waals surface area (Å²) in [6, 6.07) is 15.5. The number of likely N-dealkylation sites (tertiary alicyclic amines) is 1. The van der Waals surface area contributed by atoms with Crippen molar-refractivity contribution in [3.8, 4) is 22.8 Å². The van der Waals surface area contributed by atoms with Crippen molar-refractivity contribution in [3.05, 3.63) is 54.1 Å². The summed E-state index contributed by atoms with van der Waals surface area (Å²) in [6.45, 7) is 6.03. The third-order valence-corrected chi connectivity index (χ3v) is 5.78. The number of rotatable bonds is 4. The zero-order valence-electron chi connectivity index (χ0n) is 18.0. The molecule has 0 aliphatic carbocycles. The van der Waals surface area contributed by atoms with Crippen LogP contribution in [0.1, 0.15) is 30.6 Å². The van der Waals surface area contributed by atoms with Crippen LogP contribution >= 0.6 is 0 Å². The first-order chi connectivity index (χ1) is 14.5. The number of hydrogen-bond donors (Lipinski definition) is 0. The topological polar surface area (TPSA) is 51.7 Å². The Bertz CT molecular complexity index is 1070. The van der Waals surface area contributed by atoms with Crippen molar-refractivity contribution in [1.29, 1.82) is 0 Å². The minimum atomic E-state index is 0.0775. The summed E-state index contributed by atoms with van der Waals surface area (Å²) < 4.78 is 10.8. The van der Waals surface area contributed by atoms with Crippen LogP contribution in [-0.4, -0.2) is 43.1 Å². The fourth-order valence-corrected chi connectivity index (χ4v) is 4.49. The summed E-state index contributed by atoms with van der Waals surface area (Å²) in [4.78, 5) is 20.4. The molecule has 5 heteroatoms. The standard InChI is InChI=1S/C25H28N2O3/c1-16-11-17(2)15-27(14-16)25(28)20-13-22(26-21-8-6-5-7-19(20)21)18-9-10-23(29-3)24(12-18)30-4/h5-10,12-13,16-17H,11,14-15H2,1-4H3/t16-,17-/m0/s1. The number of hydrogen-bond acceptors (Lipinski definition) is 4. The van der Waals surface area contributed by atoms with Gasteiger partial charge in [-0.1, -0.05) is 32.0 Å². The Hall–Kier alpha value is -3.08. The fraction of sp³-hybridized carbons (Fsp3) is 0.360. The molecule has 2 heterocycles. The Labute approximate surface area is 177 Å². The quantitative estimate of drug-likeness (QED) is 0.611. The molecule has 0 spiro atoms. The molecule has 0 unspecified atom stereocenters.